The molecule has 0 aliphatic carbocycles. The zero-order valence-electron chi connectivity index (χ0n) is 53.1. The van der Waals surface area contributed by atoms with Gasteiger partial charge in [0.2, 0.25) is 0 Å². The molecule has 0 aliphatic heterocycles. The quantitative estimate of drug-likeness (QED) is 0.0195. The van der Waals surface area contributed by atoms with Gasteiger partial charge in [-0.15, -0.1) is 0 Å². The second kappa shape index (κ2) is 62.3. The summed E-state index contributed by atoms with van der Waals surface area (Å²) in [5, 5.41) is 11.8. The number of esters is 2. The summed E-state index contributed by atoms with van der Waals surface area (Å²) in [5.74, 6) is -2.29. The zero-order valence-corrected chi connectivity index (χ0v) is 53.1. The Hall–Kier alpha value is -3.79. The highest BCUT2D eigenvalue weighted by Gasteiger charge is 2.22. The van der Waals surface area contributed by atoms with Crippen LogP contribution in [0.15, 0.2) is 97.2 Å². The van der Waals surface area contributed by atoms with Gasteiger partial charge in [-0.2, -0.15) is 0 Å². The molecular formula is C72H125NO8. The highest BCUT2D eigenvalue weighted by molar-refractivity contribution is 5.70. The van der Waals surface area contributed by atoms with Crippen molar-refractivity contribution in [1.82, 2.24) is 0 Å². The van der Waals surface area contributed by atoms with Crippen LogP contribution in [0.1, 0.15) is 284 Å². The molecule has 0 spiro atoms. The van der Waals surface area contributed by atoms with Gasteiger partial charge in [-0.05, 0) is 89.9 Å². The van der Waals surface area contributed by atoms with Crippen molar-refractivity contribution in [2.24, 2.45) is 0 Å². The molecule has 81 heavy (non-hydrogen) atoms. The molecule has 466 valence electrons. The fraction of sp³-hybridized carbons (Fsp3) is 0.736. The van der Waals surface area contributed by atoms with Crippen LogP contribution < -0.4 is 5.11 Å². The van der Waals surface area contributed by atoms with Crippen molar-refractivity contribution in [2.45, 2.75) is 296 Å². The third-order valence-electron chi connectivity index (χ3n) is 14.3. The smallest absolute Gasteiger partial charge is 0.306 e. The minimum atomic E-state index is -1.63. The van der Waals surface area contributed by atoms with Crippen LogP contribution in [-0.2, 0) is 33.3 Å². The molecule has 0 heterocycles. The first-order valence-electron chi connectivity index (χ1n) is 33.4. The van der Waals surface area contributed by atoms with E-state index in [1.54, 1.807) is 0 Å². The summed E-state index contributed by atoms with van der Waals surface area (Å²) in [6.07, 6.45) is 82.1. The van der Waals surface area contributed by atoms with E-state index < -0.39 is 24.3 Å². The van der Waals surface area contributed by atoms with Crippen LogP contribution in [0.3, 0.4) is 0 Å². The van der Waals surface area contributed by atoms with Gasteiger partial charge in [0.1, 0.15) is 13.2 Å². The summed E-state index contributed by atoms with van der Waals surface area (Å²) in [5.41, 5.74) is 0. The number of carboxylic acid groups (broad SMARTS) is 1. The number of ether oxygens (including phenoxy) is 4. The molecule has 0 saturated carbocycles. The van der Waals surface area contributed by atoms with Crippen LogP contribution >= 0.6 is 0 Å². The van der Waals surface area contributed by atoms with Gasteiger partial charge in [-0.1, -0.05) is 278 Å². The number of unbranched alkanes of at least 4 members (excludes halogenated alkanes) is 30. The number of hydrogen-bond donors (Lipinski definition) is 0. The van der Waals surface area contributed by atoms with E-state index in [0.29, 0.717) is 17.4 Å². The summed E-state index contributed by atoms with van der Waals surface area (Å²) in [6.45, 7) is 4.53. The lowest BCUT2D eigenvalue weighted by Gasteiger charge is -2.26. The monoisotopic (exact) mass is 1130 g/mol. The molecule has 0 bridgehead atoms. The first-order chi connectivity index (χ1) is 39.6. The van der Waals surface area contributed by atoms with Gasteiger partial charge < -0.3 is 33.3 Å². The van der Waals surface area contributed by atoms with E-state index in [-0.39, 0.29) is 38.6 Å². The summed E-state index contributed by atoms with van der Waals surface area (Å²) < 4.78 is 22.7. The molecular weight excluding hydrogens is 1010 g/mol. The average Bonchev–Trinajstić information content (AvgIpc) is 3.44. The van der Waals surface area contributed by atoms with Crippen LogP contribution in [0.5, 0.6) is 0 Å². The predicted octanol–water partition coefficient (Wildman–Crippen LogP) is 19.1. The highest BCUT2D eigenvalue weighted by atomic mass is 16.7. The predicted molar refractivity (Wildman–Crippen MR) is 343 cm³/mol. The first-order valence-corrected chi connectivity index (χ1v) is 33.4. The van der Waals surface area contributed by atoms with Gasteiger partial charge in [-0.25, -0.2) is 0 Å². The normalized spacial score (nSPS) is 13.3. The van der Waals surface area contributed by atoms with Gasteiger partial charge in [0.15, 0.2) is 12.4 Å². The van der Waals surface area contributed by atoms with Gasteiger partial charge >= 0.3 is 11.9 Å². The fourth-order valence-electron chi connectivity index (χ4n) is 9.29. The molecule has 9 heteroatoms. The number of carbonyl (C=O) groups is 3. The molecule has 0 radical (unpaired) electrons. The Balaban J connectivity index is 4.04. The SMILES string of the molecule is CC/C=C\C/C=C\C/C=C\C/C=C\CCCCCCCCCCCCCCCCCCCCCCCCCCC(=O)OC(COC(=O)CCCCCCCC/C=C\C/C=C\C/C=C\C/C=C\CC)COC(OCC[N+](C)(C)C)C(=O)[O-]. The van der Waals surface area contributed by atoms with Crippen LogP contribution in [0.4, 0.5) is 0 Å². The summed E-state index contributed by atoms with van der Waals surface area (Å²) in [6, 6.07) is 0. The second-order valence-corrected chi connectivity index (χ2v) is 23.3. The third-order valence-corrected chi connectivity index (χ3v) is 14.3. The Kier molecular flexibility index (Phi) is 59.3. The van der Waals surface area contributed by atoms with Crippen molar-refractivity contribution < 1.29 is 42.9 Å². The van der Waals surface area contributed by atoms with E-state index in [4.69, 9.17) is 18.9 Å². The molecule has 2 atom stereocenters. The van der Waals surface area contributed by atoms with Gasteiger partial charge in [-0.3, -0.25) is 9.59 Å². The number of quaternary nitrogens is 1. The first kappa shape index (κ1) is 77.2. The summed E-state index contributed by atoms with van der Waals surface area (Å²) in [7, 11) is 5.92. The molecule has 0 aliphatic rings. The lowest BCUT2D eigenvalue weighted by Crippen LogP contribution is -2.44. The number of allylic oxidation sites excluding steroid dienone is 16. The van der Waals surface area contributed by atoms with Gasteiger partial charge in [0.05, 0.1) is 40.3 Å². The largest absolute Gasteiger partial charge is 0.545 e. The Bertz CT molecular complexity index is 1650. The molecule has 0 fully saturated rings. The Morgan fingerprint density at radius 2 is 0.667 bits per heavy atom. The van der Waals surface area contributed by atoms with E-state index in [9.17, 15) is 19.5 Å². The summed E-state index contributed by atoms with van der Waals surface area (Å²) in [4.78, 5) is 37.4. The van der Waals surface area contributed by atoms with Crippen LogP contribution in [-0.4, -0.2) is 82.3 Å². The molecule has 0 aromatic heterocycles. The minimum Gasteiger partial charge on any atom is -0.545 e. The van der Waals surface area contributed by atoms with Crippen molar-refractivity contribution in [1.29, 1.82) is 0 Å². The van der Waals surface area contributed by atoms with Crippen molar-refractivity contribution in [3.8, 4) is 0 Å². The molecule has 0 aromatic carbocycles. The molecule has 9 nitrogen and oxygen atoms in total. The Morgan fingerprint density at radius 3 is 0.988 bits per heavy atom. The third kappa shape index (κ3) is 63.6. The average molecular weight is 1130 g/mol. The maximum Gasteiger partial charge on any atom is 0.306 e. The Morgan fingerprint density at radius 1 is 0.370 bits per heavy atom. The van der Waals surface area contributed by atoms with E-state index in [1.165, 1.54) is 148 Å². The number of likely N-dealkylation sites (N-methyl/N-ethyl adjacent to an activating group) is 1. The maximum absolute atomic E-state index is 12.9. The molecule has 0 amide bonds. The molecule has 0 aromatic rings. The van der Waals surface area contributed by atoms with Crippen molar-refractivity contribution >= 4 is 17.9 Å². The lowest BCUT2D eigenvalue weighted by molar-refractivity contribution is -0.870. The fourth-order valence-corrected chi connectivity index (χ4v) is 9.29. The van der Waals surface area contributed by atoms with Crippen molar-refractivity contribution in [3.05, 3.63) is 97.2 Å². The van der Waals surface area contributed by atoms with E-state index in [2.05, 4.69) is 111 Å². The van der Waals surface area contributed by atoms with E-state index >= 15 is 0 Å². The molecule has 0 N–H and O–H groups in total. The summed E-state index contributed by atoms with van der Waals surface area (Å²) >= 11 is 0. The van der Waals surface area contributed by atoms with Crippen molar-refractivity contribution in [2.75, 3.05) is 47.5 Å². The lowest BCUT2D eigenvalue weighted by atomic mass is 10.0. The van der Waals surface area contributed by atoms with Gasteiger partial charge in [0, 0.05) is 12.8 Å². The molecule has 2 unspecified atom stereocenters. The maximum atomic E-state index is 12.9. The van der Waals surface area contributed by atoms with Gasteiger partial charge in [0.25, 0.3) is 0 Å². The zero-order chi connectivity index (χ0) is 59.1. The van der Waals surface area contributed by atoms with E-state index in [0.717, 1.165) is 103 Å². The Labute approximate surface area is 499 Å². The number of aliphatic carboxylic acids is 1. The molecule has 0 rings (SSSR count). The number of hydrogen-bond acceptors (Lipinski definition) is 8. The molecule has 0 saturated heterocycles. The topological polar surface area (TPSA) is 111 Å². The number of rotatable bonds is 61. The standard InChI is InChI=1S/C72H125NO8/c1-6-8-10-12-14-16-18-20-22-24-26-27-28-29-30-31-32-33-34-35-36-37-38-39-40-41-42-43-45-47-49-51-53-55-57-59-61-63-70(75)81-68(67-80-72(71(76)77)78-65-64-73(3,4)5)66-79-69(74)62-60-58-56-54-52-50-48-46-44-25-23-21-19-17-15-13-11-9-7-2/h8-11,14-17,20-23,26-27,44,46,68,72H,6-7,12-13,18-19,24-25,28-43,45,47-67H2,1-5H3/b10-8-,11-9-,16-14-,17-15-,22-20-,23-21-,27-26-,46-44-. The van der Waals surface area contributed by atoms with Crippen LogP contribution in [0, 0.1) is 0 Å². The highest BCUT2D eigenvalue weighted by Crippen LogP contribution is 2.17. The van der Waals surface area contributed by atoms with Crippen LogP contribution in [0.2, 0.25) is 0 Å². The van der Waals surface area contributed by atoms with Crippen molar-refractivity contribution in [3.63, 3.8) is 0 Å². The second-order valence-electron chi connectivity index (χ2n) is 23.3. The number of carboxylic acids is 1. The number of carbonyl (C=O) groups excluding carboxylic acids is 3. The van der Waals surface area contributed by atoms with E-state index in [1.807, 2.05) is 21.1 Å². The van der Waals surface area contributed by atoms with Crippen LogP contribution in [0.25, 0.3) is 0 Å². The number of nitrogens with zero attached hydrogens (tertiary/aromatic N) is 1. The minimum absolute atomic E-state index is 0.143.